The van der Waals surface area contributed by atoms with Gasteiger partial charge in [0, 0.05) is 32.2 Å². The first-order valence-electron chi connectivity index (χ1n) is 9.46. The number of nitrogen functional groups attached to an aromatic ring is 1. The van der Waals surface area contributed by atoms with E-state index in [1.807, 2.05) is 0 Å². The van der Waals surface area contributed by atoms with Crippen molar-refractivity contribution in [3.63, 3.8) is 0 Å². The van der Waals surface area contributed by atoms with Gasteiger partial charge in [0.1, 0.15) is 5.82 Å². The van der Waals surface area contributed by atoms with Crippen molar-refractivity contribution in [2.45, 2.75) is 50.9 Å². The van der Waals surface area contributed by atoms with Gasteiger partial charge in [0.25, 0.3) is 0 Å². The van der Waals surface area contributed by atoms with Crippen molar-refractivity contribution in [1.82, 2.24) is 20.1 Å². The molecule has 0 bridgehead atoms. The molecule has 1 unspecified atom stereocenters. The highest BCUT2D eigenvalue weighted by molar-refractivity contribution is 5.53. The highest BCUT2D eigenvalue weighted by atomic mass is 16.5. The maximum atomic E-state index is 5.98. The zero-order valence-electron chi connectivity index (χ0n) is 15.3. The monoisotopic (exact) mass is 358 g/mol. The van der Waals surface area contributed by atoms with Crippen LogP contribution in [0.25, 0.3) is 0 Å². The Morgan fingerprint density at radius 2 is 2.08 bits per heavy atom. The van der Waals surface area contributed by atoms with Gasteiger partial charge in [0.15, 0.2) is 5.82 Å². The van der Waals surface area contributed by atoms with Gasteiger partial charge in [0.05, 0.1) is 18.2 Å². The molecule has 8 nitrogen and oxygen atoms in total. The van der Waals surface area contributed by atoms with Gasteiger partial charge in [-0.2, -0.15) is 9.97 Å². The molecule has 2 aromatic heterocycles. The molecule has 3 heterocycles. The number of nitrogens with two attached hydrogens (primary N) is 1. The Balaban J connectivity index is 1.54. The third-order valence-electron chi connectivity index (χ3n) is 5.26. The Bertz CT molecular complexity index is 762. The van der Waals surface area contributed by atoms with Gasteiger partial charge < -0.3 is 19.9 Å². The van der Waals surface area contributed by atoms with Crippen LogP contribution in [0.3, 0.4) is 0 Å². The predicted molar refractivity (Wildman–Crippen MR) is 97.2 cm³/mol. The number of hydrogen-bond acceptors (Lipinski definition) is 8. The van der Waals surface area contributed by atoms with Crippen LogP contribution in [0.15, 0.2) is 4.52 Å². The largest absolute Gasteiger partial charge is 0.384 e. The molecule has 2 N–H and O–H groups in total. The number of ether oxygens (including phenoxy) is 1. The molecular formula is C18H26N6O2. The summed E-state index contributed by atoms with van der Waals surface area (Å²) in [6.45, 7) is 2.40. The molecule has 26 heavy (non-hydrogen) atoms. The molecule has 4 rings (SSSR count). The molecule has 0 spiro atoms. The molecule has 1 fully saturated rings. The van der Waals surface area contributed by atoms with E-state index in [-0.39, 0.29) is 5.92 Å². The minimum atomic E-state index is 0.225. The number of methoxy groups -OCH3 is 1. The zero-order chi connectivity index (χ0) is 17.9. The fraction of sp³-hybridized carbons (Fsp3) is 0.667. The third kappa shape index (κ3) is 3.51. The number of fused-ring (bicyclic) bond motifs is 1. The fourth-order valence-electron chi connectivity index (χ4n) is 3.95. The minimum Gasteiger partial charge on any atom is -0.384 e. The third-order valence-corrected chi connectivity index (χ3v) is 5.26. The lowest BCUT2D eigenvalue weighted by molar-refractivity contribution is 0.199. The van der Waals surface area contributed by atoms with E-state index in [9.17, 15) is 0 Å². The molecule has 1 atom stereocenters. The molecule has 140 valence electrons. The first-order chi connectivity index (χ1) is 12.7. The van der Waals surface area contributed by atoms with Crippen molar-refractivity contribution in [1.29, 1.82) is 0 Å². The molecule has 0 aromatic carbocycles. The molecule has 8 heteroatoms. The van der Waals surface area contributed by atoms with Crippen LogP contribution in [0.5, 0.6) is 0 Å². The van der Waals surface area contributed by atoms with Crippen LogP contribution in [-0.4, -0.2) is 46.9 Å². The van der Waals surface area contributed by atoms with Gasteiger partial charge in [-0.25, -0.2) is 4.98 Å². The molecule has 1 aliphatic heterocycles. The van der Waals surface area contributed by atoms with Gasteiger partial charge in [-0.1, -0.05) is 5.16 Å². The quantitative estimate of drug-likeness (QED) is 0.864. The van der Waals surface area contributed by atoms with E-state index in [0.717, 1.165) is 56.2 Å². The van der Waals surface area contributed by atoms with Crippen LogP contribution in [0.2, 0.25) is 0 Å². The average molecular weight is 358 g/mol. The van der Waals surface area contributed by atoms with Crippen molar-refractivity contribution < 1.29 is 9.26 Å². The van der Waals surface area contributed by atoms with Crippen LogP contribution in [0, 0.1) is 0 Å². The second kappa shape index (κ2) is 7.57. The van der Waals surface area contributed by atoms with Crippen LogP contribution in [0.4, 0.5) is 11.8 Å². The Morgan fingerprint density at radius 3 is 2.96 bits per heavy atom. The van der Waals surface area contributed by atoms with Crippen molar-refractivity contribution in [2.75, 3.05) is 37.4 Å². The highest BCUT2D eigenvalue weighted by Crippen LogP contribution is 2.33. The van der Waals surface area contributed by atoms with Crippen LogP contribution >= 0.6 is 0 Å². The summed E-state index contributed by atoms with van der Waals surface area (Å²) in [7, 11) is 1.67. The summed E-state index contributed by atoms with van der Waals surface area (Å²) in [6.07, 6.45) is 7.19. The standard InChI is InChI=1S/C18H26N6O2/c1-25-10-8-15-21-17(26-23-15)12-5-4-9-24(11-12)16-13-6-2-3-7-14(13)20-18(19)22-16/h12H,2-11H2,1H3,(H2,19,20,22). The van der Waals surface area contributed by atoms with Crippen LogP contribution < -0.4 is 10.6 Å². The number of nitrogens with zero attached hydrogens (tertiary/aromatic N) is 5. The highest BCUT2D eigenvalue weighted by Gasteiger charge is 2.29. The second-order valence-electron chi connectivity index (χ2n) is 7.11. The number of aromatic nitrogens is 4. The summed E-state index contributed by atoms with van der Waals surface area (Å²) in [6, 6.07) is 0. The SMILES string of the molecule is COCCc1noc(C2CCCN(c3nc(N)nc4c3CCCC4)C2)n1. The zero-order valence-corrected chi connectivity index (χ0v) is 15.3. The van der Waals surface area contributed by atoms with Crippen molar-refractivity contribution >= 4 is 11.8 Å². The Labute approximate surface area is 153 Å². The lowest BCUT2D eigenvalue weighted by Gasteiger charge is -2.34. The summed E-state index contributed by atoms with van der Waals surface area (Å²) < 4.78 is 10.6. The fourth-order valence-corrected chi connectivity index (χ4v) is 3.95. The number of anilines is 2. The molecule has 2 aromatic rings. The van der Waals surface area contributed by atoms with E-state index in [0.29, 0.717) is 24.8 Å². The van der Waals surface area contributed by atoms with Crippen LogP contribution in [-0.2, 0) is 24.0 Å². The van der Waals surface area contributed by atoms with Gasteiger partial charge in [-0.3, -0.25) is 0 Å². The van der Waals surface area contributed by atoms with Crippen LogP contribution in [0.1, 0.15) is 54.6 Å². The summed E-state index contributed by atoms with van der Waals surface area (Å²) >= 11 is 0. The summed E-state index contributed by atoms with van der Waals surface area (Å²) in [5.41, 5.74) is 8.38. The lowest BCUT2D eigenvalue weighted by atomic mass is 9.94. The first-order valence-corrected chi connectivity index (χ1v) is 9.46. The Kier molecular flexibility index (Phi) is 5.01. The summed E-state index contributed by atoms with van der Waals surface area (Å²) in [5.74, 6) is 3.04. The maximum absolute atomic E-state index is 5.98. The van der Waals surface area contributed by atoms with E-state index in [1.165, 1.54) is 18.4 Å². The van der Waals surface area contributed by atoms with Gasteiger partial charge in [0.2, 0.25) is 11.8 Å². The summed E-state index contributed by atoms with van der Waals surface area (Å²) in [5, 5.41) is 4.08. The number of hydrogen-bond donors (Lipinski definition) is 1. The van der Waals surface area contributed by atoms with E-state index in [1.54, 1.807) is 7.11 Å². The number of rotatable bonds is 5. The average Bonchev–Trinajstić information content (AvgIpc) is 3.15. The van der Waals surface area contributed by atoms with Gasteiger partial charge in [-0.15, -0.1) is 0 Å². The van der Waals surface area contributed by atoms with Crippen molar-refractivity contribution in [2.24, 2.45) is 0 Å². The number of aryl methyl sites for hydroxylation is 1. The normalized spacial score (nSPS) is 20.2. The molecule has 1 saturated heterocycles. The lowest BCUT2D eigenvalue weighted by Crippen LogP contribution is -2.36. The van der Waals surface area contributed by atoms with E-state index < -0.39 is 0 Å². The van der Waals surface area contributed by atoms with Crippen molar-refractivity contribution in [3.8, 4) is 0 Å². The summed E-state index contributed by atoms with van der Waals surface area (Å²) in [4.78, 5) is 16.0. The molecular weight excluding hydrogens is 332 g/mol. The Hall–Kier alpha value is -2.22. The smallest absolute Gasteiger partial charge is 0.231 e. The first kappa shape index (κ1) is 17.2. The molecule has 1 aliphatic carbocycles. The van der Waals surface area contributed by atoms with E-state index in [4.69, 9.17) is 15.0 Å². The maximum Gasteiger partial charge on any atom is 0.231 e. The van der Waals surface area contributed by atoms with E-state index in [2.05, 4.69) is 25.0 Å². The van der Waals surface area contributed by atoms with Gasteiger partial charge >= 0.3 is 0 Å². The molecule has 0 amide bonds. The topological polar surface area (TPSA) is 103 Å². The van der Waals surface area contributed by atoms with Gasteiger partial charge in [-0.05, 0) is 38.5 Å². The molecule has 0 saturated carbocycles. The van der Waals surface area contributed by atoms with E-state index >= 15 is 0 Å². The van der Waals surface area contributed by atoms with Crippen molar-refractivity contribution in [3.05, 3.63) is 23.0 Å². The Morgan fingerprint density at radius 1 is 1.19 bits per heavy atom. The predicted octanol–water partition coefficient (Wildman–Crippen LogP) is 1.89. The minimum absolute atomic E-state index is 0.225. The number of piperidine rings is 1. The molecule has 0 radical (unpaired) electrons. The molecule has 2 aliphatic rings. The second-order valence-corrected chi connectivity index (χ2v) is 7.11.